The highest BCUT2D eigenvalue weighted by Crippen LogP contribution is 2.29. The van der Waals surface area contributed by atoms with Crippen molar-refractivity contribution in [1.82, 2.24) is 10.3 Å². The summed E-state index contributed by atoms with van der Waals surface area (Å²) in [5.41, 5.74) is 3.69. The second-order valence-corrected chi connectivity index (χ2v) is 6.06. The van der Waals surface area contributed by atoms with Gasteiger partial charge >= 0.3 is 0 Å². The lowest BCUT2D eigenvalue weighted by Crippen LogP contribution is -2.19. The molecule has 0 radical (unpaired) electrons. The first kappa shape index (κ1) is 16.0. The van der Waals surface area contributed by atoms with Crippen molar-refractivity contribution in [2.75, 3.05) is 18.5 Å². The van der Waals surface area contributed by atoms with Crippen LogP contribution in [0.1, 0.15) is 31.0 Å². The molecular formula is C17H22BrN3. The lowest BCUT2D eigenvalue weighted by molar-refractivity contribution is 0.598. The van der Waals surface area contributed by atoms with E-state index in [2.05, 4.69) is 76.3 Å². The average molecular weight is 348 g/mol. The molecule has 1 aromatic heterocycles. The first-order valence-electron chi connectivity index (χ1n) is 7.24. The lowest BCUT2D eigenvalue weighted by atomic mass is 10.1. The predicted molar refractivity (Wildman–Crippen MR) is 92.6 cm³/mol. The molecule has 4 heteroatoms. The van der Waals surface area contributed by atoms with E-state index < -0.39 is 0 Å². The van der Waals surface area contributed by atoms with Gasteiger partial charge in [-0.3, -0.25) is 4.98 Å². The van der Waals surface area contributed by atoms with Crippen molar-refractivity contribution >= 4 is 21.6 Å². The van der Waals surface area contributed by atoms with Crippen molar-refractivity contribution in [1.29, 1.82) is 0 Å². The molecule has 0 bridgehead atoms. The number of benzene rings is 1. The number of nitrogens with one attached hydrogen (secondary N) is 1. The van der Waals surface area contributed by atoms with E-state index in [0.29, 0.717) is 6.04 Å². The molecule has 0 saturated heterocycles. The second-order valence-electron chi connectivity index (χ2n) is 5.21. The normalized spacial score (nSPS) is 12.2. The molecule has 0 spiro atoms. The summed E-state index contributed by atoms with van der Waals surface area (Å²) in [6, 6.07) is 11.0. The highest BCUT2D eigenvalue weighted by molar-refractivity contribution is 9.10. The summed E-state index contributed by atoms with van der Waals surface area (Å²) in [4.78, 5) is 6.39. The molecule has 1 aromatic carbocycles. The number of nitrogens with zero attached hydrogens (tertiary/aromatic N) is 2. The molecule has 3 nitrogen and oxygen atoms in total. The quantitative estimate of drug-likeness (QED) is 0.850. The zero-order valence-corrected chi connectivity index (χ0v) is 14.4. The summed E-state index contributed by atoms with van der Waals surface area (Å²) in [7, 11) is 2.10. The van der Waals surface area contributed by atoms with Crippen molar-refractivity contribution in [3.63, 3.8) is 0 Å². The molecule has 0 aliphatic rings. The van der Waals surface area contributed by atoms with Crippen LogP contribution in [-0.2, 0) is 6.54 Å². The molecule has 1 unspecified atom stereocenters. The maximum atomic E-state index is 4.16. The molecule has 1 N–H and O–H groups in total. The van der Waals surface area contributed by atoms with Gasteiger partial charge in [0.15, 0.2) is 0 Å². The van der Waals surface area contributed by atoms with Crippen molar-refractivity contribution in [2.45, 2.75) is 26.4 Å². The Bertz CT molecular complexity index is 572. The van der Waals surface area contributed by atoms with E-state index in [1.165, 1.54) is 16.8 Å². The van der Waals surface area contributed by atoms with E-state index >= 15 is 0 Å². The molecule has 21 heavy (non-hydrogen) atoms. The average Bonchev–Trinajstić information content (AvgIpc) is 2.48. The third-order valence-electron chi connectivity index (χ3n) is 3.54. The molecule has 0 aliphatic heterocycles. The van der Waals surface area contributed by atoms with Gasteiger partial charge in [-0.15, -0.1) is 0 Å². The minimum Gasteiger partial charge on any atom is -0.369 e. The number of rotatable bonds is 6. The number of anilines is 1. The van der Waals surface area contributed by atoms with Crippen molar-refractivity contribution in [3.05, 3.63) is 58.3 Å². The Morgan fingerprint density at radius 1 is 1.33 bits per heavy atom. The van der Waals surface area contributed by atoms with Crippen LogP contribution < -0.4 is 10.2 Å². The Labute approximate surface area is 135 Å². The van der Waals surface area contributed by atoms with Gasteiger partial charge in [0.1, 0.15) is 0 Å². The maximum absolute atomic E-state index is 4.16. The van der Waals surface area contributed by atoms with Crippen LogP contribution in [0.5, 0.6) is 0 Å². The van der Waals surface area contributed by atoms with Gasteiger partial charge in [-0.25, -0.2) is 0 Å². The highest BCUT2D eigenvalue weighted by Gasteiger charge is 2.10. The predicted octanol–water partition coefficient (Wildman–Crippen LogP) is 4.15. The molecular weight excluding hydrogens is 326 g/mol. The molecule has 112 valence electrons. The largest absolute Gasteiger partial charge is 0.369 e. The van der Waals surface area contributed by atoms with Crippen LogP contribution in [0.2, 0.25) is 0 Å². The minimum atomic E-state index is 0.365. The van der Waals surface area contributed by atoms with Crippen LogP contribution in [-0.4, -0.2) is 18.6 Å². The van der Waals surface area contributed by atoms with Gasteiger partial charge in [0.05, 0.1) is 5.69 Å². The van der Waals surface area contributed by atoms with Gasteiger partial charge in [-0.05, 0) is 58.7 Å². The van der Waals surface area contributed by atoms with Gasteiger partial charge in [-0.2, -0.15) is 0 Å². The summed E-state index contributed by atoms with van der Waals surface area (Å²) in [5.74, 6) is 0. The summed E-state index contributed by atoms with van der Waals surface area (Å²) >= 11 is 3.70. The van der Waals surface area contributed by atoms with Crippen molar-refractivity contribution in [3.8, 4) is 0 Å². The monoisotopic (exact) mass is 347 g/mol. The molecule has 0 aliphatic carbocycles. The van der Waals surface area contributed by atoms with Crippen LogP contribution >= 0.6 is 15.9 Å². The zero-order chi connectivity index (χ0) is 15.2. The van der Waals surface area contributed by atoms with Crippen LogP contribution in [0.25, 0.3) is 0 Å². The van der Waals surface area contributed by atoms with Gasteiger partial charge in [0.2, 0.25) is 0 Å². The van der Waals surface area contributed by atoms with Crippen molar-refractivity contribution < 1.29 is 0 Å². The molecule has 2 aromatic rings. The minimum absolute atomic E-state index is 0.365. The Morgan fingerprint density at radius 3 is 2.76 bits per heavy atom. The SMILES string of the molecule is CCNC(C)c1ccc(N(C)Cc2cccnc2)c(Br)c1. The Balaban J connectivity index is 2.13. The number of aromatic nitrogens is 1. The molecule has 0 amide bonds. The van der Waals surface area contributed by atoms with E-state index in [1.54, 1.807) is 6.20 Å². The molecule has 0 saturated carbocycles. The van der Waals surface area contributed by atoms with Gasteiger partial charge in [0.25, 0.3) is 0 Å². The molecule has 1 heterocycles. The topological polar surface area (TPSA) is 28.2 Å². The summed E-state index contributed by atoms with van der Waals surface area (Å²) in [5, 5.41) is 3.43. The van der Waals surface area contributed by atoms with Gasteiger partial charge in [0, 0.05) is 36.5 Å². The number of hydrogen-bond donors (Lipinski definition) is 1. The fourth-order valence-electron chi connectivity index (χ4n) is 2.38. The number of hydrogen-bond acceptors (Lipinski definition) is 3. The van der Waals surface area contributed by atoms with Crippen molar-refractivity contribution in [2.24, 2.45) is 0 Å². The summed E-state index contributed by atoms with van der Waals surface area (Å²) in [6.07, 6.45) is 3.71. The molecule has 1 atom stereocenters. The standard InChI is InChI=1S/C17H22BrN3/c1-4-20-13(2)15-7-8-17(16(18)10-15)21(3)12-14-6-5-9-19-11-14/h5-11,13,20H,4,12H2,1-3H3. The van der Waals surface area contributed by atoms with E-state index in [0.717, 1.165) is 17.6 Å². The van der Waals surface area contributed by atoms with Crippen LogP contribution in [0, 0.1) is 0 Å². The van der Waals surface area contributed by atoms with Crippen LogP contribution in [0.15, 0.2) is 47.2 Å². The van der Waals surface area contributed by atoms with Gasteiger partial charge in [-0.1, -0.05) is 19.1 Å². The number of halogens is 1. The Hall–Kier alpha value is -1.39. The fourth-order valence-corrected chi connectivity index (χ4v) is 3.08. The summed E-state index contributed by atoms with van der Waals surface area (Å²) in [6.45, 7) is 6.13. The van der Waals surface area contributed by atoms with E-state index in [-0.39, 0.29) is 0 Å². The summed E-state index contributed by atoms with van der Waals surface area (Å²) < 4.78 is 1.12. The third kappa shape index (κ3) is 4.29. The molecule has 0 fully saturated rings. The van der Waals surface area contributed by atoms with E-state index in [1.807, 2.05) is 12.3 Å². The second kappa shape index (κ2) is 7.57. The van der Waals surface area contributed by atoms with E-state index in [9.17, 15) is 0 Å². The highest BCUT2D eigenvalue weighted by atomic mass is 79.9. The van der Waals surface area contributed by atoms with Crippen LogP contribution in [0.4, 0.5) is 5.69 Å². The Kier molecular flexibility index (Phi) is 5.76. The lowest BCUT2D eigenvalue weighted by Gasteiger charge is -2.22. The third-order valence-corrected chi connectivity index (χ3v) is 4.17. The maximum Gasteiger partial charge on any atom is 0.0511 e. The first-order valence-corrected chi connectivity index (χ1v) is 8.04. The van der Waals surface area contributed by atoms with E-state index in [4.69, 9.17) is 0 Å². The zero-order valence-electron chi connectivity index (χ0n) is 12.8. The smallest absolute Gasteiger partial charge is 0.0511 e. The van der Waals surface area contributed by atoms with Gasteiger partial charge < -0.3 is 10.2 Å². The molecule has 2 rings (SSSR count). The fraction of sp³-hybridized carbons (Fsp3) is 0.353. The number of pyridine rings is 1. The first-order chi connectivity index (χ1) is 10.1. The Morgan fingerprint density at radius 2 is 2.14 bits per heavy atom. The van der Waals surface area contributed by atoms with Crippen LogP contribution in [0.3, 0.4) is 0 Å².